The number of nitrogens with zero attached hydrogens (tertiary/aromatic N) is 3. The minimum Gasteiger partial charge on any atom is -0.296 e. The van der Waals surface area contributed by atoms with Gasteiger partial charge in [0.05, 0.1) is 10.6 Å². The Hall–Kier alpha value is -3.93. The SMILES string of the molecule is Cc1cc(S(=O)(=O)N2CC(C)(C)c3cc(-c4ccc(C(F)(F)F)nc4)ccc32)ccc1-c1noc(=O)[nH]1. The van der Waals surface area contributed by atoms with Gasteiger partial charge in [-0.1, -0.05) is 31.1 Å². The van der Waals surface area contributed by atoms with Crippen LogP contribution in [-0.2, 0) is 21.6 Å². The number of pyridine rings is 1. The summed E-state index contributed by atoms with van der Waals surface area (Å²) in [6.07, 6.45) is -3.37. The van der Waals surface area contributed by atoms with Gasteiger partial charge in [0.1, 0.15) is 5.69 Å². The Morgan fingerprint density at radius 2 is 1.78 bits per heavy atom. The van der Waals surface area contributed by atoms with Crippen LogP contribution in [0.4, 0.5) is 18.9 Å². The summed E-state index contributed by atoms with van der Waals surface area (Å²) >= 11 is 0. The largest absolute Gasteiger partial charge is 0.439 e. The van der Waals surface area contributed by atoms with Crippen LogP contribution in [0.1, 0.15) is 30.7 Å². The van der Waals surface area contributed by atoms with E-state index in [1.54, 1.807) is 31.2 Å². The first-order valence-corrected chi connectivity index (χ1v) is 12.6. The summed E-state index contributed by atoms with van der Waals surface area (Å²) in [6.45, 7) is 5.70. The van der Waals surface area contributed by atoms with Crippen molar-refractivity contribution in [2.75, 3.05) is 10.8 Å². The van der Waals surface area contributed by atoms with Gasteiger partial charge in [0.2, 0.25) is 0 Å². The average Bonchev–Trinajstić information content (AvgIpc) is 3.39. The quantitative estimate of drug-likeness (QED) is 0.402. The molecule has 0 fully saturated rings. The summed E-state index contributed by atoms with van der Waals surface area (Å²) < 4.78 is 71.9. The molecule has 37 heavy (non-hydrogen) atoms. The molecule has 0 saturated carbocycles. The van der Waals surface area contributed by atoms with Crippen LogP contribution < -0.4 is 10.1 Å². The van der Waals surface area contributed by atoms with Crippen molar-refractivity contribution in [3.8, 4) is 22.5 Å². The molecule has 8 nitrogen and oxygen atoms in total. The van der Waals surface area contributed by atoms with Crippen LogP contribution in [0.5, 0.6) is 0 Å². The van der Waals surface area contributed by atoms with E-state index in [1.807, 2.05) is 13.8 Å². The Balaban J connectivity index is 1.51. The van der Waals surface area contributed by atoms with E-state index >= 15 is 0 Å². The van der Waals surface area contributed by atoms with Crippen LogP contribution in [0.2, 0.25) is 0 Å². The number of aromatic amines is 1. The molecule has 5 rings (SSSR count). The maximum absolute atomic E-state index is 13.7. The van der Waals surface area contributed by atoms with Crippen LogP contribution in [0.15, 0.2) is 68.9 Å². The second kappa shape index (κ2) is 8.30. The van der Waals surface area contributed by atoms with Crippen molar-refractivity contribution in [3.05, 3.63) is 82.1 Å². The number of benzene rings is 2. The van der Waals surface area contributed by atoms with Crippen LogP contribution in [0, 0.1) is 6.92 Å². The number of aryl methyl sites for hydroxylation is 1. The van der Waals surface area contributed by atoms with Crippen molar-refractivity contribution < 1.29 is 26.1 Å². The molecule has 2 aromatic carbocycles. The second-order valence-electron chi connectivity index (χ2n) is 9.48. The highest BCUT2D eigenvalue weighted by molar-refractivity contribution is 7.92. The van der Waals surface area contributed by atoms with E-state index in [0.717, 1.165) is 17.8 Å². The van der Waals surface area contributed by atoms with Crippen LogP contribution in [-0.4, -0.2) is 30.1 Å². The average molecular weight is 531 g/mol. The Kier molecular flexibility index (Phi) is 5.55. The van der Waals surface area contributed by atoms with E-state index in [-0.39, 0.29) is 17.3 Å². The first-order valence-electron chi connectivity index (χ1n) is 11.2. The smallest absolute Gasteiger partial charge is 0.296 e. The van der Waals surface area contributed by atoms with Gasteiger partial charge in [-0.05, 0) is 60.0 Å². The fourth-order valence-electron chi connectivity index (χ4n) is 4.49. The van der Waals surface area contributed by atoms with E-state index < -0.39 is 33.1 Å². The molecule has 0 unspecified atom stereocenters. The Bertz CT molecular complexity index is 1670. The van der Waals surface area contributed by atoms with Gasteiger partial charge in [-0.2, -0.15) is 13.2 Å². The molecular weight excluding hydrogens is 509 g/mol. The second-order valence-corrected chi connectivity index (χ2v) is 11.3. The van der Waals surface area contributed by atoms with Gasteiger partial charge in [-0.25, -0.2) is 13.2 Å². The van der Waals surface area contributed by atoms with Crippen LogP contribution >= 0.6 is 0 Å². The van der Waals surface area contributed by atoms with Crippen molar-refractivity contribution in [3.63, 3.8) is 0 Å². The minimum atomic E-state index is -4.53. The molecule has 192 valence electrons. The molecular formula is C25H21F3N4O4S. The lowest BCUT2D eigenvalue weighted by Crippen LogP contribution is -2.34. The van der Waals surface area contributed by atoms with Crippen molar-refractivity contribution >= 4 is 15.7 Å². The zero-order chi connectivity index (χ0) is 26.8. The van der Waals surface area contributed by atoms with Gasteiger partial charge in [0.15, 0.2) is 5.82 Å². The maximum atomic E-state index is 13.7. The number of hydrogen-bond donors (Lipinski definition) is 1. The predicted molar refractivity (Wildman–Crippen MR) is 130 cm³/mol. The highest BCUT2D eigenvalue weighted by atomic mass is 32.2. The summed E-state index contributed by atoms with van der Waals surface area (Å²) in [5.74, 6) is -0.516. The zero-order valence-electron chi connectivity index (χ0n) is 19.9. The number of rotatable bonds is 4. The van der Waals surface area contributed by atoms with Crippen molar-refractivity contribution in [2.24, 2.45) is 0 Å². The standard InChI is InChI=1S/C25H21F3N4O4S/c1-14-10-17(6-7-18(14)22-30-23(33)36-31-22)37(34,35)32-13-24(2,3)19-11-15(4-8-20(19)32)16-5-9-21(29-12-16)25(26,27)28/h4-12H,13H2,1-3H3,(H,30,31,33). The number of alkyl halides is 3. The highest BCUT2D eigenvalue weighted by Gasteiger charge is 2.41. The topological polar surface area (TPSA) is 109 Å². The fourth-order valence-corrected chi connectivity index (χ4v) is 6.22. The molecule has 4 aromatic rings. The van der Waals surface area contributed by atoms with Gasteiger partial charge >= 0.3 is 11.9 Å². The van der Waals surface area contributed by atoms with Crippen molar-refractivity contribution in [2.45, 2.75) is 37.3 Å². The first-order chi connectivity index (χ1) is 17.3. The van der Waals surface area contributed by atoms with E-state index in [9.17, 15) is 26.4 Å². The molecule has 12 heteroatoms. The number of fused-ring (bicyclic) bond motifs is 1. The van der Waals surface area contributed by atoms with Crippen molar-refractivity contribution in [1.82, 2.24) is 15.1 Å². The maximum Gasteiger partial charge on any atom is 0.439 e. The van der Waals surface area contributed by atoms with Gasteiger partial charge in [-0.3, -0.25) is 18.8 Å². The molecule has 1 aliphatic heterocycles. The zero-order valence-corrected chi connectivity index (χ0v) is 20.7. The lowest BCUT2D eigenvalue weighted by atomic mass is 9.85. The molecule has 0 spiro atoms. The van der Waals surface area contributed by atoms with Gasteiger partial charge in [0.25, 0.3) is 10.0 Å². The first kappa shape index (κ1) is 24.8. The Morgan fingerprint density at radius 1 is 1.05 bits per heavy atom. The molecule has 0 amide bonds. The molecule has 0 radical (unpaired) electrons. The fraction of sp³-hybridized carbons (Fsp3) is 0.240. The molecule has 0 aliphatic carbocycles. The third kappa shape index (κ3) is 4.31. The molecule has 2 aromatic heterocycles. The molecule has 1 N–H and O–H groups in total. The predicted octanol–water partition coefficient (Wildman–Crippen LogP) is 4.91. The molecule has 1 aliphatic rings. The lowest BCUT2D eigenvalue weighted by molar-refractivity contribution is -0.141. The monoisotopic (exact) mass is 530 g/mol. The summed E-state index contributed by atoms with van der Waals surface area (Å²) in [6, 6.07) is 11.9. The van der Waals surface area contributed by atoms with Gasteiger partial charge in [0, 0.05) is 29.3 Å². The van der Waals surface area contributed by atoms with E-state index in [4.69, 9.17) is 0 Å². The van der Waals surface area contributed by atoms with E-state index in [2.05, 4.69) is 19.6 Å². The molecule has 0 atom stereocenters. The van der Waals surface area contributed by atoms with E-state index in [0.29, 0.717) is 27.9 Å². The summed E-state index contributed by atoms with van der Waals surface area (Å²) in [4.78, 5) is 17.3. The minimum absolute atomic E-state index is 0.0688. The van der Waals surface area contributed by atoms with Gasteiger partial charge in [-0.15, -0.1) is 0 Å². The Labute approximate surface area is 209 Å². The summed E-state index contributed by atoms with van der Waals surface area (Å²) in [5, 5.41) is 3.65. The number of sulfonamides is 1. The number of aromatic nitrogens is 3. The van der Waals surface area contributed by atoms with Crippen LogP contribution in [0.25, 0.3) is 22.5 Å². The number of H-pyrrole nitrogens is 1. The van der Waals surface area contributed by atoms with Crippen molar-refractivity contribution in [1.29, 1.82) is 0 Å². The number of anilines is 1. The lowest BCUT2D eigenvalue weighted by Gasteiger charge is -2.22. The highest BCUT2D eigenvalue weighted by Crippen LogP contribution is 2.45. The van der Waals surface area contributed by atoms with E-state index in [1.165, 1.54) is 22.5 Å². The third-order valence-electron chi connectivity index (χ3n) is 6.40. The number of nitrogens with one attached hydrogen (secondary N) is 1. The van der Waals surface area contributed by atoms with Gasteiger partial charge < -0.3 is 0 Å². The number of hydrogen-bond acceptors (Lipinski definition) is 6. The van der Waals surface area contributed by atoms with Crippen LogP contribution in [0.3, 0.4) is 0 Å². The normalized spacial score (nSPS) is 15.1. The number of halogens is 3. The molecule has 0 saturated heterocycles. The third-order valence-corrected chi connectivity index (χ3v) is 8.16. The summed E-state index contributed by atoms with van der Waals surface area (Å²) in [5.41, 5.74) is 1.94. The molecule has 0 bridgehead atoms. The molecule has 3 heterocycles. The summed E-state index contributed by atoms with van der Waals surface area (Å²) in [7, 11) is -3.96. The Morgan fingerprint density at radius 3 is 2.38 bits per heavy atom.